The maximum absolute atomic E-state index is 11.5. The molecular formula is C15H18O4Se. The van der Waals surface area contributed by atoms with Gasteiger partial charge in [0.05, 0.1) is 0 Å². The van der Waals surface area contributed by atoms with Gasteiger partial charge in [-0.05, 0) is 0 Å². The molecule has 0 aliphatic heterocycles. The number of carbonyl (C=O) groups excluding carboxylic acids is 2. The fraction of sp³-hybridized carbons (Fsp3) is 0.333. The molecule has 108 valence electrons. The van der Waals surface area contributed by atoms with E-state index in [4.69, 9.17) is 9.47 Å². The van der Waals surface area contributed by atoms with Crippen molar-refractivity contribution in [1.29, 1.82) is 0 Å². The third-order valence-electron chi connectivity index (χ3n) is 2.74. The van der Waals surface area contributed by atoms with Crippen LogP contribution < -0.4 is 4.46 Å². The average molecular weight is 341 g/mol. The second-order valence-electron chi connectivity index (χ2n) is 4.05. The molecule has 0 fully saturated rings. The van der Waals surface area contributed by atoms with Crippen molar-refractivity contribution in [2.75, 3.05) is 0 Å². The first-order valence-electron chi connectivity index (χ1n) is 6.17. The number of benzene rings is 1. The predicted molar refractivity (Wildman–Crippen MR) is 77.7 cm³/mol. The number of hydrogen-bond acceptors (Lipinski definition) is 4. The van der Waals surface area contributed by atoms with Crippen LogP contribution in [0.4, 0.5) is 0 Å². The molecule has 0 aliphatic rings. The average Bonchev–Trinajstić information content (AvgIpc) is 2.45. The fourth-order valence-corrected chi connectivity index (χ4v) is 2.62. The molecule has 0 saturated heterocycles. The summed E-state index contributed by atoms with van der Waals surface area (Å²) in [5.74, 6) is -0.417. The van der Waals surface area contributed by atoms with Gasteiger partial charge in [0.15, 0.2) is 0 Å². The van der Waals surface area contributed by atoms with Gasteiger partial charge in [-0.2, -0.15) is 0 Å². The summed E-state index contributed by atoms with van der Waals surface area (Å²) in [5, 5.41) is 0. The Labute approximate surface area is 125 Å². The van der Waals surface area contributed by atoms with E-state index in [-0.39, 0.29) is 0 Å². The quantitative estimate of drug-likeness (QED) is 0.343. The number of esters is 2. The van der Waals surface area contributed by atoms with Crippen molar-refractivity contribution in [3.8, 4) is 0 Å². The first kappa shape index (κ1) is 16.5. The molecule has 0 N–H and O–H groups in total. The molecule has 0 spiro atoms. The van der Waals surface area contributed by atoms with Crippen LogP contribution in [0.3, 0.4) is 0 Å². The molecule has 1 rings (SSSR count). The second-order valence-corrected chi connectivity index (χ2v) is 5.90. The molecule has 0 aromatic heterocycles. The Hall–Kier alpha value is -1.58. The Balaban J connectivity index is 3.21. The van der Waals surface area contributed by atoms with Gasteiger partial charge in [0.1, 0.15) is 0 Å². The van der Waals surface area contributed by atoms with E-state index in [0.29, 0.717) is 26.9 Å². The van der Waals surface area contributed by atoms with E-state index in [1.54, 1.807) is 6.92 Å². The third kappa shape index (κ3) is 3.95. The summed E-state index contributed by atoms with van der Waals surface area (Å²) in [4.78, 5) is 22.9. The van der Waals surface area contributed by atoms with Crippen LogP contribution in [-0.2, 0) is 24.8 Å². The monoisotopic (exact) mass is 342 g/mol. The van der Waals surface area contributed by atoms with Crippen LogP contribution in [0.1, 0.15) is 25.8 Å². The van der Waals surface area contributed by atoms with Gasteiger partial charge in [-0.15, -0.1) is 0 Å². The van der Waals surface area contributed by atoms with Crippen molar-refractivity contribution in [2.24, 2.45) is 0 Å². The van der Waals surface area contributed by atoms with Crippen molar-refractivity contribution in [2.45, 2.75) is 31.9 Å². The molecule has 0 saturated carbocycles. The van der Waals surface area contributed by atoms with Gasteiger partial charge in [-0.1, -0.05) is 0 Å². The van der Waals surface area contributed by atoms with Gasteiger partial charge in [0.25, 0.3) is 0 Å². The second kappa shape index (κ2) is 7.27. The van der Waals surface area contributed by atoms with Crippen molar-refractivity contribution in [3.63, 3.8) is 0 Å². The standard InChI is InChI=1S/C15H18O4Se/c1-5-14(17)19-15(6-2,18-11(3)16)12-7-9-13(20-4)10-8-12/h5,7-10H,1,6H2,2-4H3. The molecule has 5 heteroatoms. The molecule has 0 amide bonds. The molecular weight excluding hydrogens is 323 g/mol. The summed E-state index contributed by atoms with van der Waals surface area (Å²) in [6, 6.07) is 7.54. The number of rotatable bonds is 6. The molecule has 1 aromatic carbocycles. The number of hydrogen-bond donors (Lipinski definition) is 0. The van der Waals surface area contributed by atoms with Gasteiger partial charge in [0, 0.05) is 0 Å². The van der Waals surface area contributed by atoms with Gasteiger partial charge in [-0.3, -0.25) is 0 Å². The molecule has 0 bridgehead atoms. The van der Waals surface area contributed by atoms with Crippen molar-refractivity contribution in [3.05, 3.63) is 42.5 Å². The van der Waals surface area contributed by atoms with Crippen molar-refractivity contribution < 1.29 is 19.1 Å². The van der Waals surface area contributed by atoms with Crippen LogP contribution >= 0.6 is 0 Å². The first-order chi connectivity index (χ1) is 9.47. The van der Waals surface area contributed by atoms with Crippen LogP contribution in [0.25, 0.3) is 0 Å². The van der Waals surface area contributed by atoms with Gasteiger partial charge in [0.2, 0.25) is 0 Å². The molecule has 0 radical (unpaired) electrons. The van der Waals surface area contributed by atoms with Crippen LogP contribution in [0, 0.1) is 0 Å². The molecule has 0 aliphatic carbocycles. The van der Waals surface area contributed by atoms with E-state index in [9.17, 15) is 9.59 Å². The molecule has 1 aromatic rings. The topological polar surface area (TPSA) is 52.6 Å². The zero-order valence-corrected chi connectivity index (χ0v) is 13.6. The molecule has 0 heterocycles. The van der Waals surface area contributed by atoms with Crippen LogP contribution in [0.5, 0.6) is 0 Å². The minimum atomic E-state index is -1.39. The van der Waals surface area contributed by atoms with E-state index in [2.05, 4.69) is 12.4 Å². The zero-order valence-electron chi connectivity index (χ0n) is 11.8. The summed E-state index contributed by atoms with van der Waals surface area (Å²) in [5.41, 5.74) is 0.637. The first-order valence-corrected chi connectivity index (χ1v) is 8.74. The SMILES string of the molecule is C=CC(=O)OC(CC)(OC(C)=O)c1ccc([Se]C)cc1. The van der Waals surface area contributed by atoms with E-state index in [1.807, 2.05) is 24.3 Å². The van der Waals surface area contributed by atoms with Crippen LogP contribution in [-0.4, -0.2) is 26.9 Å². The summed E-state index contributed by atoms with van der Waals surface area (Å²) in [6.45, 7) is 6.44. The van der Waals surface area contributed by atoms with Crippen LogP contribution in [0.2, 0.25) is 5.82 Å². The molecule has 4 nitrogen and oxygen atoms in total. The Bertz CT molecular complexity index is 495. The Morgan fingerprint density at radius 2 is 1.90 bits per heavy atom. The summed E-state index contributed by atoms with van der Waals surface area (Å²) >= 11 is 0.382. The molecule has 1 atom stereocenters. The van der Waals surface area contributed by atoms with Crippen LogP contribution in [0.15, 0.2) is 36.9 Å². The number of carbonyl (C=O) groups is 2. The summed E-state index contributed by atoms with van der Waals surface area (Å²) in [6.07, 6.45) is 1.38. The van der Waals surface area contributed by atoms with Gasteiger partial charge in [-0.25, -0.2) is 0 Å². The maximum atomic E-state index is 11.5. The van der Waals surface area contributed by atoms with Gasteiger partial charge >= 0.3 is 125 Å². The van der Waals surface area contributed by atoms with Gasteiger partial charge < -0.3 is 0 Å². The molecule has 20 heavy (non-hydrogen) atoms. The fourth-order valence-electron chi connectivity index (χ4n) is 1.77. The summed E-state index contributed by atoms with van der Waals surface area (Å²) in [7, 11) is 0. The van der Waals surface area contributed by atoms with E-state index in [1.165, 1.54) is 11.4 Å². The predicted octanol–water partition coefficient (Wildman–Crippen LogP) is 1.92. The third-order valence-corrected chi connectivity index (χ3v) is 4.30. The van der Waals surface area contributed by atoms with Crippen molar-refractivity contribution in [1.82, 2.24) is 0 Å². The minimum absolute atomic E-state index is 0.322. The van der Waals surface area contributed by atoms with E-state index in [0.717, 1.165) is 6.08 Å². The summed E-state index contributed by atoms with van der Waals surface area (Å²) < 4.78 is 11.8. The Morgan fingerprint density at radius 1 is 1.30 bits per heavy atom. The molecule has 1 unspecified atom stereocenters. The zero-order chi connectivity index (χ0) is 15.2. The Morgan fingerprint density at radius 3 is 2.30 bits per heavy atom. The number of ether oxygens (including phenoxy) is 2. The van der Waals surface area contributed by atoms with E-state index >= 15 is 0 Å². The van der Waals surface area contributed by atoms with E-state index < -0.39 is 17.7 Å². The Kier molecular flexibility index (Phi) is 5.99. The van der Waals surface area contributed by atoms with Crippen molar-refractivity contribution >= 4 is 31.4 Å². The normalized spacial score (nSPS) is 13.2.